The van der Waals surface area contributed by atoms with Crippen LogP contribution in [0, 0.1) is 13.8 Å². The van der Waals surface area contributed by atoms with Crippen molar-refractivity contribution in [3.63, 3.8) is 0 Å². The predicted molar refractivity (Wildman–Crippen MR) is 84.2 cm³/mol. The molecule has 0 atom stereocenters. The van der Waals surface area contributed by atoms with E-state index >= 15 is 0 Å². The van der Waals surface area contributed by atoms with Crippen LogP contribution in [0.4, 0.5) is 0 Å². The van der Waals surface area contributed by atoms with Crippen LogP contribution in [0.15, 0.2) is 0 Å². The van der Waals surface area contributed by atoms with Crippen molar-refractivity contribution < 1.29 is 9.53 Å². The van der Waals surface area contributed by atoms with Crippen LogP contribution in [-0.2, 0) is 4.74 Å². The fourth-order valence-electron chi connectivity index (χ4n) is 2.77. The molecule has 0 aromatic carbocycles. The van der Waals surface area contributed by atoms with Gasteiger partial charge in [0.05, 0.1) is 5.39 Å². The molecule has 0 saturated heterocycles. The van der Waals surface area contributed by atoms with Gasteiger partial charge in [0.25, 0.3) is 0 Å². The molecule has 112 valence electrons. The number of thiophene rings is 1. The minimum atomic E-state index is -0.254. The number of fused-ring (bicyclic) bond motifs is 1. The Bertz CT molecular complexity index is 693. The number of aryl methyl sites for hydroxylation is 2. The highest BCUT2D eigenvalue weighted by molar-refractivity contribution is 7.20. The summed E-state index contributed by atoms with van der Waals surface area (Å²) in [6.45, 7) is 3.67. The summed E-state index contributed by atoms with van der Waals surface area (Å²) in [6.07, 6.45) is 5.50. The first-order valence-electron chi connectivity index (χ1n) is 7.20. The van der Waals surface area contributed by atoms with Gasteiger partial charge < -0.3 is 4.74 Å². The van der Waals surface area contributed by atoms with Crippen LogP contribution in [0.3, 0.4) is 0 Å². The Kier molecular flexibility index (Phi) is 4.13. The molecule has 21 heavy (non-hydrogen) atoms. The molecule has 6 heteroatoms. The summed E-state index contributed by atoms with van der Waals surface area (Å²) >= 11 is 7.52. The van der Waals surface area contributed by atoms with Gasteiger partial charge in [0.2, 0.25) is 0 Å². The van der Waals surface area contributed by atoms with Gasteiger partial charge >= 0.3 is 5.97 Å². The van der Waals surface area contributed by atoms with Crippen molar-refractivity contribution in [2.45, 2.75) is 52.1 Å². The quantitative estimate of drug-likeness (QED) is 0.605. The Morgan fingerprint density at radius 2 is 1.95 bits per heavy atom. The number of ether oxygens (including phenoxy) is 1. The number of nitrogens with zero attached hydrogens (tertiary/aromatic N) is 2. The van der Waals surface area contributed by atoms with E-state index < -0.39 is 0 Å². The number of hydrogen-bond acceptors (Lipinski definition) is 5. The summed E-state index contributed by atoms with van der Waals surface area (Å²) < 4.78 is 5.64. The lowest BCUT2D eigenvalue weighted by atomic mass is 9.98. The molecule has 1 fully saturated rings. The molecule has 1 aliphatic rings. The zero-order valence-corrected chi connectivity index (χ0v) is 13.7. The molecular weight excluding hydrogens is 308 g/mol. The fourth-order valence-corrected chi connectivity index (χ4v) is 4.29. The number of aromatic nitrogens is 2. The molecule has 4 nitrogen and oxygen atoms in total. The molecule has 0 amide bonds. The smallest absolute Gasteiger partial charge is 0.348 e. The van der Waals surface area contributed by atoms with E-state index in [-0.39, 0.29) is 12.1 Å². The number of halogens is 1. The molecule has 2 aromatic heterocycles. The minimum Gasteiger partial charge on any atom is -0.458 e. The van der Waals surface area contributed by atoms with E-state index in [0.29, 0.717) is 15.9 Å². The van der Waals surface area contributed by atoms with Crippen LogP contribution in [0.5, 0.6) is 0 Å². The molecule has 3 rings (SSSR count). The number of carbonyl (C=O) groups excluding carboxylic acids is 1. The van der Waals surface area contributed by atoms with Gasteiger partial charge in [0.15, 0.2) is 0 Å². The third-order valence-corrected chi connectivity index (χ3v) is 5.31. The van der Waals surface area contributed by atoms with Gasteiger partial charge in [0, 0.05) is 0 Å². The van der Waals surface area contributed by atoms with Crippen molar-refractivity contribution in [2.75, 3.05) is 0 Å². The zero-order valence-electron chi connectivity index (χ0n) is 12.1. The van der Waals surface area contributed by atoms with Crippen LogP contribution in [0.25, 0.3) is 10.2 Å². The first-order valence-corrected chi connectivity index (χ1v) is 8.40. The summed E-state index contributed by atoms with van der Waals surface area (Å²) in [7, 11) is 0. The van der Waals surface area contributed by atoms with Crippen molar-refractivity contribution in [3.8, 4) is 0 Å². The van der Waals surface area contributed by atoms with Gasteiger partial charge in [-0.2, -0.15) is 0 Å². The maximum absolute atomic E-state index is 12.4. The Balaban J connectivity index is 1.91. The first-order chi connectivity index (χ1) is 10.1. The van der Waals surface area contributed by atoms with E-state index in [0.717, 1.165) is 41.5 Å². The van der Waals surface area contributed by atoms with Gasteiger partial charge in [-0.05, 0) is 45.1 Å². The highest BCUT2D eigenvalue weighted by Crippen LogP contribution is 2.34. The molecular formula is C15H17ClN2O2S. The average Bonchev–Trinajstić information content (AvgIpc) is 2.77. The highest BCUT2D eigenvalue weighted by Gasteiger charge is 2.24. The average molecular weight is 325 g/mol. The maximum Gasteiger partial charge on any atom is 0.348 e. The fraction of sp³-hybridized carbons (Fsp3) is 0.533. The largest absolute Gasteiger partial charge is 0.458 e. The minimum absolute atomic E-state index is 0.0548. The van der Waals surface area contributed by atoms with E-state index in [4.69, 9.17) is 16.3 Å². The van der Waals surface area contributed by atoms with E-state index in [1.165, 1.54) is 17.8 Å². The molecule has 0 unspecified atom stereocenters. The van der Waals surface area contributed by atoms with Crippen LogP contribution < -0.4 is 0 Å². The van der Waals surface area contributed by atoms with Crippen LogP contribution in [0.1, 0.15) is 53.2 Å². The Labute approximate surface area is 132 Å². The molecule has 0 bridgehead atoms. The molecule has 2 aromatic rings. The van der Waals surface area contributed by atoms with E-state index in [9.17, 15) is 4.79 Å². The van der Waals surface area contributed by atoms with E-state index in [1.54, 1.807) is 6.92 Å². The van der Waals surface area contributed by atoms with E-state index in [1.807, 2.05) is 6.92 Å². The van der Waals surface area contributed by atoms with Gasteiger partial charge in [-0.3, -0.25) is 0 Å². The Morgan fingerprint density at radius 1 is 1.24 bits per heavy atom. The standard InChI is InChI=1S/C15H17ClN2O2S/c1-8-11-13(16)17-9(2)18-14(11)21-12(8)15(19)20-10-6-4-3-5-7-10/h10H,3-7H2,1-2H3. The highest BCUT2D eigenvalue weighted by atomic mass is 35.5. The van der Waals surface area contributed by atoms with Gasteiger partial charge in [-0.1, -0.05) is 18.0 Å². The summed E-state index contributed by atoms with van der Waals surface area (Å²) in [4.78, 5) is 22.3. The third-order valence-electron chi connectivity index (χ3n) is 3.87. The van der Waals surface area contributed by atoms with Crippen LogP contribution in [0.2, 0.25) is 5.15 Å². The van der Waals surface area contributed by atoms with Gasteiger partial charge in [-0.25, -0.2) is 14.8 Å². The lowest BCUT2D eigenvalue weighted by molar-refractivity contribution is 0.0216. The van der Waals surface area contributed by atoms with Crippen molar-refractivity contribution in [3.05, 3.63) is 21.4 Å². The first kappa shape index (κ1) is 14.7. The Morgan fingerprint density at radius 3 is 2.67 bits per heavy atom. The third kappa shape index (κ3) is 2.90. The van der Waals surface area contributed by atoms with Crippen molar-refractivity contribution >= 4 is 39.1 Å². The second-order valence-electron chi connectivity index (χ2n) is 5.46. The second-order valence-corrected chi connectivity index (χ2v) is 6.82. The molecule has 0 aliphatic heterocycles. The second kappa shape index (κ2) is 5.89. The van der Waals surface area contributed by atoms with Gasteiger partial charge in [-0.15, -0.1) is 11.3 Å². The van der Waals surface area contributed by atoms with Crippen LogP contribution in [-0.4, -0.2) is 22.0 Å². The Hall–Kier alpha value is -1.20. The maximum atomic E-state index is 12.4. The molecule has 1 saturated carbocycles. The van der Waals surface area contributed by atoms with E-state index in [2.05, 4.69) is 9.97 Å². The lowest BCUT2D eigenvalue weighted by Crippen LogP contribution is -2.20. The molecule has 0 radical (unpaired) electrons. The van der Waals surface area contributed by atoms with Crippen molar-refractivity contribution in [1.82, 2.24) is 9.97 Å². The normalized spacial score (nSPS) is 16.3. The number of carbonyl (C=O) groups is 1. The monoisotopic (exact) mass is 324 g/mol. The summed E-state index contributed by atoms with van der Waals surface area (Å²) in [5.74, 6) is 0.358. The molecule has 1 aliphatic carbocycles. The molecule has 0 spiro atoms. The topological polar surface area (TPSA) is 52.1 Å². The van der Waals surface area contributed by atoms with Crippen molar-refractivity contribution in [2.24, 2.45) is 0 Å². The summed E-state index contributed by atoms with van der Waals surface area (Å²) in [6, 6.07) is 0. The summed E-state index contributed by atoms with van der Waals surface area (Å²) in [5.41, 5.74) is 0.820. The number of rotatable bonds is 2. The van der Waals surface area contributed by atoms with Gasteiger partial charge in [0.1, 0.15) is 26.8 Å². The molecule has 0 N–H and O–H groups in total. The SMILES string of the molecule is Cc1nc(Cl)c2c(C)c(C(=O)OC3CCCCC3)sc2n1. The summed E-state index contributed by atoms with van der Waals surface area (Å²) in [5, 5.41) is 1.17. The number of esters is 1. The number of hydrogen-bond donors (Lipinski definition) is 0. The van der Waals surface area contributed by atoms with Crippen molar-refractivity contribution in [1.29, 1.82) is 0 Å². The lowest BCUT2D eigenvalue weighted by Gasteiger charge is -2.21. The van der Waals surface area contributed by atoms with Crippen LogP contribution >= 0.6 is 22.9 Å². The predicted octanol–water partition coefficient (Wildman–Crippen LogP) is 4.45. The zero-order chi connectivity index (χ0) is 15.0. The molecule has 2 heterocycles.